The van der Waals surface area contributed by atoms with Gasteiger partial charge in [-0.15, -0.1) is 0 Å². The molecular formula is C23H25N3O2. The Morgan fingerprint density at radius 3 is 2.36 bits per heavy atom. The Labute approximate surface area is 165 Å². The molecule has 28 heavy (non-hydrogen) atoms. The molecule has 0 bridgehead atoms. The molecule has 5 heteroatoms. The minimum absolute atomic E-state index is 0.0226. The monoisotopic (exact) mass is 375 g/mol. The second kappa shape index (κ2) is 7.90. The number of benzene rings is 3. The highest BCUT2D eigenvalue weighted by Crippen LogP contribution is 2.24. The molecule has 0 aromatic heterocycles. The van der Waals surface area contributed by atoms with Crippen LogP contribution in [0, 0.1) is 0 Å². The summed E-state index contributed by atoms with van der Waals surface area (Å²) in [7, 11) is 0. The van der Waals surface area contributed by atoms with Gasteiger partial charge in [-0.1, -0.05) is 36.4 Å². The molecular weight excluding hydrogens is 350 g/mol. The maximum atomic E-state index is 12.9. The lowest BCUT2D eigenvalue weighted by atomic mass is 10.1. The molecule has 3 aromatic rings. The number of nitrogens with zero attached hydrogens (tertiary/aromatic N) is 2. The fourth-order valence-electron chi connectivity index (χ4n) is 3.77. The first kappa shape index (κ1) is 18.3. The number of amides is 1. The van der Waals surface area contributed by atoms with Gasteiger partial charge in [-0.2, -0.15) is 0 Å². The summed E-state index contributed by atoms with van der Waals surface area (Å²) in [4.78, 5) is 17.4. The lowest BCUT2D eigenvalue weighted by molar-refractivity contribution is -0.120. The smallest absolute Gasteiger partial charge is 0.241 e. The van der Waals surface area contributed by atoms with Crippen LogP contribution in [0.1, 0.15) is 6.92 Å². The molecule has 3 aromatic carbocycles. The second-order valence-electron chi connectivity index (χ2n) is 7.23. The van der Waals surface area contributed by atoms with Crippen molar-refractivity contribution in [2.75, 3.05) is 36.4 Å². The zero-order valence-electron chi connectivity index (χ0n) is 16.0. The molecule has 4 rings (SSSR count). The number of phenolic OH excluding ortho intramolecular Hbond substituents is 1. The van der Waals surface area contributed by atoms with Crippen molar-refractivity contribution < 1.29 is 9.90 Å². The third-order valence-corrected chi connectivity index (χ3v) is 5.50. The molecule has 1 heterocycles. The van der Waals surface area contributed by atoms with Crippen molar-refractivity contribution in [2.45, 2.75) is 13.0 Å². The lowest BCUT2D eigenvalue weighted by Crippen LogP contribution is -2.52. The van der Waals surface area contributed by atoms with Crippen LogP contribution in [0.15, 0.2) is 66.7 Å². The molecule has 0 unspecified atom stereocenters. The average molecular weight is 375 g/mol. The maximum Gasteiger partial charge on any atom is 0.241 e. The number of fused-ring (bicyclic) bond motifs is 1. The largest absolute Gasteiger partial charge is 0.508 e. The number of aromatic hydroxyl groups is 1. The summed E-state index contributed by atoms with van der Waals surface area (Å²) >= 11 is 0. The van der Waals surface area contributed by atoms with E-state index in [0.29, 0.717) is 0 Å². The molecule has 1 aliphatic heterocycles. The Morgan fingerprint density at radius 2 is 1.61 bits per heavy atom. The quantitative estimate of drug-likeness (QED) is 0.730. The first-order valence-corrected chi connectivity index (χ1v) is 9.68. The van der Waals surface area contributed by atoms with Gasteiger partial charge in [0, 0.05) is 42.9 Å². The van der Waals surface area contributed by atoms with Gasteiger partial charge in [0.1, 0.15) is 5.75 Å². The number of carbonyl (C=O) groups is 1. The second-order valence-corrected chi connectivity index (χ2v) is 7.23. The van der Waals surface area contributed by atoms with Crippen molar-refractivity contribution in [1.29, 1.82) is 0 Å². The van der Waals surface area contributed by atoms with Gasteiger partial charge in [-0.05, 0) is 42.6 Å². The normalized spacial score (nSPS) is 16.1. The topological polar surface area (TPSA) is 55.8 Å². The van der Waals surface area contributed by atoms with Crippen LogP contribution in [0.3, 0.4) is 0 Å². The number of nitrogens with one attached hydrogen (secondary N) is 1. The number of carbonyl (C=O) groups excluding carboxylic acids is 1. The van der Waals surface area contributed by atoms with Crippen LogP contribution in [-0.2, 0) is 4.79 Å². The highest BCUT2D eigenvalue weighted by Gasteiger charge is 2.26. The van der Waals surface area contributed by atoms with Gasteiger partial charge in [0.2, 0.25) is 5.91 Å². The van der Waals surface area contributed by atoms with Crippen molar-refractivity contribution >= 4 is 28.1 Å². The zero-order valence-corrected chi connectivity index (χ0v) is 16.0. The number of rotatable bonds is 4. The van der Waals surface area contributed by atoms with E-state index < -0.39 is 0 Å². The highest BCUT2D eigenvalue weighted by atomic mass is 16.3. The summed E-state index contributed by atoms with van der Waals surface area (Å²) < 4.78 is 0. The Kier molecular flexibility index (Phi) is 5.17. The van der Waals surface area contributed by atoms with Gasteiger partial charge in [0.15, 0.2) is 0 Å². The summed E-state index contributed by atoms with van der Waals surface area (Å²) in [6.07, 6.45) is 0. The zero-order chi connectivity index (χ0) is 19.5. The molecule has 1 aliphatic rings. The molecule has 1 fully saturated rings. The molecule has 1 amide bonds. The summed E-state index contributed by atoms with van der Waals surface area (Å²) in [5.74, 6) is 0.301. The number of hydrogen-bond donors (Lipinski definition) is 2. The fraction of sp³-hybridized carbons (Fsp3) is 0.261. The van der Waals surface area contributed by atoms with E-state index in [1.807, 2.05) is 49.4 Å². The molecule has 0 radical (unpaired) electrons. The van der Waals surface area contributed by atoms with Crippen molar-refractivity contribution in [2.24, 2.45) is 0 Å². The van der Waals surface area contributed by atoms with E-state index in [1.165, 1.54) is 0 Å². The Bertz CT molecular complexity index is 958. The molecule has 0 spiro atoms. The molecule has 2 N–H and O–H groups in total. The van der Waals surface area contributed by atoms with Crippen LogP contribution >= 0.6 is 0 Å². The predicted molar refractivity (Wildman–Crippen MR) is 114 cm³/mol. The van der Waals surface area contributed by atoms with E-state index in [0.717, 1.165) is 48.3 Å². The van der Waals surface area contributed by atoms with E-state index in [9.17, 15) is 9.90 Å². The van der Waals surface area contributed by atoms with E-state index >= 15 is 0 Å². The molecule has 1 saturated heterocycles. The van der Waals surface area contributed by atoms with E-state index in [1.54, 1.807) is 12.1 Å². The Balaban J connectivity index is 1.39. The van der Waals surface area contributed by atoms with Gasteiger partial charge >= 0.3 is 0 Å². The molecule has 0 saturated carbocycles. The summed E-state index contributed by atoms with van der Waals surface area (Å²) in [5, 5.41) is 14.7. The van der Waals surface area contributed by atoms with Crippen molar-refractivity contribution in [3.8, 4) is 5.75 Å². The van der Waals surface area contributed by atoms with Crippen molar-refractivity contribution in [3.05, 3.63) is 66.7 Å². The number of hydrogen-bond acceptors (Lipinski definition) is 4. The minimum Gasteiger partial charge on any atom is -0.508 e. The molecule has 5 nitrogen and oxygen atoms in total. The number of phenols is 1. The summed E-state index contributed by atoms with van der Waals surface area (Å²) in [5.41, 5.74) is 1.96. The van der Waals surface area contributed by atoms with Crippen LogP contribution in [-0.4, -0.2) is 48.1 Å². The van der Waals surface area contributed by atoms with Gasteiger partial charge in [-0.3, -0.25) is 9.69 Å². The third kappa shape index (κ3) is 3.80. The van der Waals surface area contributed by atoms with Crippen LogP contribution in [0.4, 0.5) is 11.4 Å². The van der Waals surface area contributed by atoms with E-state index in [4.69, 9.17) is 0 Å². The van der Waals surface area contributed by atoms with Crippen LogP contribution in [0.5, 0.6) is 5.75 Å². The average Bonchev–Trinajstić information content (AvgIpc) is 2.74. The lowest BCUT2D eigenvalue weighted by Gasteiger charge is -2.38. The summed E-state index contributed by atoms with van der Waals surface area (Å²) in [6.45, 7) is 5.33. The first-order chi connectivity index (χ1) is 13.6. The molecule has 0 aliphatic carbocycles. The third-order valence-electron chi connectivity index (χ3n) is 5.50. The SMILES string of the molecule is C[C@@H](C(=O)Nc1cccc2ccccc12)N1CCN(c2ccc(O)cc2)CC1. The van der Waals surface area contributed by atoms with E-state index in [2.05, 4.69) is 27.2 Å². The van der Waals surface area contributed by atoms with Gasteiger partial charge < -0.3 is 15.3 Å². The van der Waals surface area contributed by atoms with Gasteiger partial charge in [0.25, 0.3) is 0 Å². The van der Waals surface area contributed by atoms with Crippen LogP contribution in [0.2, 0.25) is 0 Å². The highest BCUT2D eigenvalue weighted by molar-refractivity contribution is 6.03. The van der Waals surface area contributed by atoms with Crippen LogP contribution < -0.4 is 10.2 Å². The Morgan fingerprint density at radius 1 is 0.929 bits per heavy atom. The minimum atomic E-state index is -0.194. The number of anilines is 2. The van der Waals surface area contributed by atoms with Crippen molar-refractivity contribution in [3.63, 3.8) is 0 Å². The fourth-order valence-corrected chi connectivity index (χ4v) is 3.77. The Hall–Kier alpha value is -3.05. The number of piperazine rings is 1. The van der Waals surface area contributed by atoms with Crippen molar-refractivity contribution in [1.82, 2.24) is 4.90 Å². The summed E-state index contributed by atoms with van der Waals surface area (Å²) in [6, 6.07) is 21.1. The molecule has 1 atom stereocenters. The van der Waals surface area contributed by atoms with Crippen LogP contribution in [0.25, 0.3) is 10.8 Å². The molecule has 144 valence electrons. The predicted octanol–water partition coefficient (Wildman–Crippen LogP) is 3.69. The van der Waals surface area contributed by atoms with E-state index in [-0.39, 0.29) is 17.7 Å². The first-order valence-electron chi connectivity index (χ1n) is 9.68. The maximum absolute atomic E-state index is 12.9. The van der Waals surface area contributed by atoms with Gasteiger partial charge in [-0.25, -0.2) is 0 Å². The van der Waals surface area contributed by atoms with Gasteiger partial charge in [0.05, 0.1) is 6.04 Å². The standard InChI is InChI=1S/C23H25N3O2/c1-17(23(28)24-22-8-4-6-18-5-2-3-7-21(18)22)25-13-15-26(16-14-25)19-9-11-20(27)12-10-19/h2-12,17,27H,13-16H2,1H3,(H,24,28)/t17-/m0/s1.